The third-order valence-electron chi connectivity index (χ3n) is 3.25. The van der Waals surface area contributed by atoms with Crippen molar-refractivity contribution in [2.24, 2.45) is 0 Å². The number of para-hydroxylation sites is 2. The van der Waals surface area contributed by atoms with Crippen LogP contribution in [0, 0.1) is 5.82 Å². The van der Waals surface area contributed by atoms with Gasteiger partial charge >= 0.3 is 0 Å². The number of anilines is 4. The number of hydrogen-bond donors (Lipinski definition) is 2. The Hall–Kier alpha value is -2.93. The van der Waals surface area contributed by atoms with Gasteiger partial charge in [0.1, 0.15) is 11.6 Å². The van der Waals surface area contributed by atoms with E-state index in [9.17, 15) is 4.39 Å². The molecule has 0 unspecified atom stereocenters. The molecule has 2 aromatic carbocycles. The van der Waals surface area contributed by atoms with Gasteiger partial charge < -0.3 is 15.4 Å². The van der Waals surface area contributed by atoms with E-state index in [2.05, 4.69) is 25.8 Å². The van der Waals surface area contributed by atoms with Gasteiger partial charge in [-0.25, -0.2) is 4.39 Å². The second-order valence-corrected chi connectivity index (χ2v) is 6.11. The lowest BCUT2D eigenvalue weighted by Crippen LogP contribution is -2.08. The molecule has 0 saturated carbocycles. The molecule has 1 aromatic heterocycles. The van der Waals surface area contributed by atoms with E-state index in [0.29, 0.717) is 17.3 Å². The highest BCUT2D eigenvalue weighted by molar-refractivity contribution is 6.31. The topological polar surface area (TPSA) is 72.0 Å². The Bertz CT molecular complexity index is 906. The largest absolute Gasteiger partial charge is 0.489 e. The van der Waals surface area contributed by atoms with Crippen LogP contribution < -0.4 is 15.4 Å². The first-order valence-corrected chi connectivity index (χ1v) is 8.33. The van der Waals surface area contributed by atoms with Crippen LogP contribution in [0.4, 0.5) is 27.5 Å². The highest BCUT2D eigenvalue weighted by atomic mass is 35.5. The van der Waals surface area contributed by atoms with Crippen molar-refractivity contribution < 1.29 is 9.13 Å². The summed E-state index contributed by atoms with van der Waals surface area (Å²) in [6, 6.07) is 11.8. The third kappa shape index (κ3) is 4.58. The number of nitrogens with zero attached hydrogens (tertiary/aromatic N) is 3. The van der Waals surface area contributed by atoms with Crippen LogP contribution in [0.2, 0.25) is 5.02 Å². The summed E-state index contributed by atoms with van der Waals surface area (Å²) in [6.07, 6.45) is 1.54. The molecule has 2 N–H and O–H groups in total. The monoisotopic (exact) mass is 373 g/mol. The zero-order valence-corrected chi connectivity index (χ0v) is 15.0. The fraction of sp³-hybridized carbons (Fsp3) is 0.167. The van der Waals surface area contributed by atoms with Gasteiger partial charge in [-0.3, -0.25) is 0 Å². The predicted octanol–water partition coefficient (Wildman–Crippen LogP) is 4.94. The van der Waals surface area contributed by atoms with Crippen molar-refractivity contribution in [3.63, 3.8) is 0 Å². The molecular formula is C18H17ClFN5O. The van der Waals surface area contributed by atoms with Crippen LogP contribution in [0.15, 0.2) is 48.7 Å². The zero-order chi connectivity index (χ0) is 18.5. The van der Waals surface area contributed by atoms with Crippen molar-refractivity contribution in [2.75, 3.05) is 10.6 Å². The molecule has 0 fully saturated rings. The van der Waals surface area contributed by atoms with E-state index in [1.165, 1.54) is 24.4 Å². The Kier molecular flexibility index (Phi) is 5.48. The molecule has 0 aliphatic carbocycles. The smallest absolute Gasteiger partial charge is 0.249 e. The molecule has 3 aromatic rings. The highest BCUT2D eigenvalue weighted by Gasteiger charge is 2.08. The molecule has 3 rings (SSSR count). The molecule has 0 atom stereocenters. The van der Waals surface area contributed by atoms with Crippen LogP contribution in [0.25, 0.3) is 0 Å². The van der Waals surface area contributed by atoms with Crippen molar-refractivity contribution in [1.29, 1.82) is 0 Å². The summed E-state index contributed by atoms with van der Waals surface area (Å²) < 4.78 is 19.0. The van der Waals surface area contributed by atoms with E-state index in [1.54, 1.807) is 0 Å². The van der Waals surface area contributed by atoms with Crippen LogP contribution >= 0.6 is 11.6 Å². The van der Waals surface area contributed by atoms with Crippen LogP contribution in [0.5, 0.6) is 5.75 Å². The van der Waals surface area contributed by atoms with Crippen LogP contribution in [0.3, 0.4) is 0 Å². The summed E-state index contributed by atoms with van der Waals surface area (Å²) in [7, 11) is 0. The van der Waals surface area contributed by atoms with Crippen LogP contribution in [-0.4, -0.2) is 21.3 Å². The number of aromatic nitrogens is 3. The minimum absolute atomic E-state index is 0.0111. The number of halogens is 2. The van der Waals surface area contributed by atoms with Gasteiger partial charge in [-0.2, -0.15) is 10.1 Å². The first-order chi connectivity index (χ1) is 12.5. The number of benzene rings is 2. The van der Waals surface area contributed by atoms with E-state index in [0.717, 1.165) is 5.69 Å². The molecule has 1 heterocycles. The highest BCUT2D eigenvalue weighted by Crippen LogP contribution is 2.28. The lowest BCUT2D eigenvalue weighted by atomic mass is 10.3. The van der Waals surface area contributed by atoms with Crippen molar-refractivity contribution >= 4 is 34.7 Å². The zero-order valence-electron chi connectivity index (χ0n) is 14.2. The fourth-order valence-electron chi connectivity index (χ4n) is 2.18. The maximum atomic E-state index is 13.2. The standard InChI is InChI=1S/C18H17ClFN5O/c1-11(2)26-16-6-4-3-5-15(16)23-17-10-21-25-18(24-17)22-12-7-8-14(20)13(19)9-12/h3-11H,1-2H3,(H2,22,23,24,25). The number of ether oxygens (including phenoxy) is 1. The Labute approximate surface area is 155 Å². The van der Waals surface area contributed by atoms with Crippen molar-refractivity contribution in [1.82, 2.24) is 15.2 Å². The van der Waals surface area contributed by atoms with Gasteiger partial charge in [-0.1, -0.05) is 23.7 Å². The minimum atomic E-state index is -0.492. The van der Waals surface area contributed by atoms with Gasteiger partial charge in [0.2, 0.25) is 5.95 Å². The summed E-state index contributed by atoms with van der Waals surface area (Å²) in [6.45, 7) is 3.91. The molecule has 0 radical (unpaired) electrons. The molecule has 6 nitrogen and oxygen atoms in total. The maximum Gasteiger partial charge on any atom is 0.249 e. The molecule has 0 spiro atoms. The second kappa shape index (κ2) is 7.97. The van der Waals surface area contributed by atoms with Gasteiger partial charge in [0.25, 0.3) is 0 Å². The molecule has 0 bridgehead atoms. The normalized spacial score (nSPS) is 10.7. The fourth-order valence-corrected chi connectivity index (χ4v) is 2.36. The van der Waals surface area contributed by atoms with Crippen LogP contribution in [-0.2, 0) is 0 Å². The first kappa shape index (κ1) is 17.9. The van der Waals surface area contributed by atoms with E-state index in [4.69, 9.17) is 16.3 Å². The van der Waals surface area contributed by atoms with Crippen molar-refractivity contribution in [2.45, 2.75) is 20.0 Å². The molecule has 8 heteroatoms. The van der Waals surface area contributed by atoms with Crippen molar-refractivity contribution in [3.05, 3.63) is 59.5 Å². The maximum absolute atomic E-state index is 13.2. The number of rotatable bonds is 6. The summed E-state index contributed by atoms with van der Waals surface area (Å²) in [5.41, 5.74) is 1.32. The lowest BCUT2D eigenvalue weighted by Gasteiger charge is -2.15. The SMILES string of the molecule is CC(C)Oc1ccccc1Nc1cnnc(Nc2ccc(F)c(Cl)c2)n1. The summed E-state index contributed by atoms with van der Waals surface area (Å²) in [5, 5.41) is 13.9. The second-order valence-electron chi connectivity index (χ2n) is 5.71. The Morgan fingerprint density at radius 1 is 1.12 bits per heavy atom. The third-order valence-corrected chi connectivity index (χ3v) is 3.54. The molecular weight excluding hydrogens is 357 g/mol. The first-order valence-electron chi connectivity index (χ1n) is 7.96. The predicted molar refractivity (Wildman–Crippen MR) is 100 cm³/mol. The Morgan fingerprint density at radius 3 is 2.69 bits per heavy atom. The van der Waals surface area contributed by atoms with Crippen LogP contribution in [0.1, 0.15) is 13.8 Å². The molecule has 26 heavy (non-hydrogen) atoms. The molecule has 0 aliphatic heterocycles. The summed E-state index contributed by atoms with van der Waals surface area (Å²) in [5.74, 6) is 0.949. The molecule has 134 valence electrons. The molecule has 0 amide bonds. The summed E-state index contributed by atoms with van der Waals surface area (Å²) in [4.78, 5) is 4.35. The minimum Gasteiger partial charge on any atom is -0.489 e. The quantitative estimate of drug-likeness (QED) is 0.637. The van der Waals surface area contributed by atoms with E-state index < -0.39 is 5.82 Å². The Morgan fingerprint density at radius 2 is 1.92 bits per heavy atom. The van der Waals surface area contributed by atoms with Gasteiger partial charge in [-0.15, -0.1) is 5.10 Å². The molecule has 0 aliphatic rings. The average molecular weight is 374 g/mol. The Balaban J connectivity index is 1.78. The number of nitrogens with one attached hydrogen (secondary N) is 2. The van der Waals surface area contributed by atoms with Gasteiger partial charge in [0.15, 0.2) is 5.82 Å². The lowest BCUT2D eigenvalue weighted by molar-refractivity contribution is 0.244. The van der Waals surface area contributed by atoms with Gasteiger partial charge in [0, 0.05) is 5.69 Å². The summed E-state index contributed by atoms with van der Waals surface area (Å²) >= 11 is 5.78. The molecule has 0 saturated heterocycles. The van der Waals surface area contributed by atoms with E-state index in [-0.39, 0.29) is 17.1 Å². The van der Waals surface area contributed by atoms with Gasteiger partial charge in [0.05, 0.1) is 23.0 Å². The van der Waals surface area contributed by atoms with E-state index >= 15 is 0 Å². The average Bonchev–Trinajstić information content (AvgIpc) is 2.60. The van der Waals surface area contributed by atoms with Crippen molar-refractivity contribution in [3.8, 4) is 5.75 Å². The van der Waals surface area contributed by atoms with Gasteiger partial charge in [-0.05, 0) is 44.2 Å². The van der Waals surface area contributed by atoms with E-state index in [1.807, 2.05) is 38.1 Å². The number of hydrogen-bond acceptors (Lipinski definition) is 6.